The van der Waals surface area contributed by atoms with Crippen molar-refractivity contribution in [2.24, 2.45) is 0 Å². The monoisotopic (exact) mass is 373 g/mol. The van der Waals surface area contributed by atoms with Crippen molar-refractivity contribution in [3.63, 3.8) is 0 Å². The van der Waals surface area contributed by atoms with Gasteiger partial charge in [-0.15, -0.1) is 11.3 Å². The van der Waals surface area contributed by atoms with Crippen LogP contribution in [-0.2, 0) is 11.2 Å². The van der Waals surface area contributed by atoms with Gasteiger partial charge in [0.25, 0.3) is 5.91 Å². The van der Waals surface area contributed by atoms with Crippen molar-refractivity contribution in [3.8, 4) is 10.8 Å². The van der Waals surface area contributed by atoms with Gasteiger partial charge >= 0.3 is 0 Å². The lowest BCUT2D eigenvalue weighted by Gasteiger charge is -2.06. The van der Waals surface area contributed by atoms with Gasteiger partial charge in [-0.05, 0) is 43.7 Å². The summed E-state index contributed by atoms with van der Waals surface area (Å²) in [5.41, 5.74) is 5.90. The lowest BCUT2D eigenvalue weighted by atomic mass is 10.1. The molecule has 2 aromatic heterocycles. The lowest BCUT2D eigenvalue weighted by molar-refractivity contribution is -0.121. The fourth-order valence-electron chi connectivity index (χ4n) is 2.28. The van der Waals surface area contributed by atoms with Gasteiger partial charge < -0.3 is 4.42 Å². The minimum atomic E-state index is -0.456. The van der Waals surface area contributed by atoms with Gasteiger partial charge in [0.1, 0.15) is 16.5 Å². The van der Waals surface area contributed by atoms with Gasteiger partial charge in [0, 0.05) is 0 Å². The molecule has 3 aromatic rings. The van der Waals surface area contributed by atoms with E-state index < -0.39 is 11.8 Å². The van der Waals surface area contributed by atoms with Gasteiger partial charge in [0.2, 0.25) is 5.91 Å². The minimum Gasteiger partial charge on any atom is -0.459 e. The van der Waals surface area contributed by atoms with Crippen LogP contribution in [0.2, 0.25) is 0 Å². The molecule has 0 radical (unpaired) electrons. The summed E-state index contributed by atoms with van der Waals surface area (Å²) in [6.45, 7) is 3.54. The van der Waals surface area contributed by atoms with E-state index in [1.165, 1.54) is 35.6 Å². The maximum atomic E-state index is 12.9. The molecule has 2 amide bonds. The molecule has 0 saturated carbocycles. The SMILES string of the molecule is Cc1ccc(-c2nc(C)c(C(=O)NNC(=O)Cc3ccc(F)cc3)s2)o1. The number of rotatable bonds is 4. The third-order valence-corrected chi connectivity index (χ3v) is 4.72. The topological polar surface area (TPSA) is 84.2 Å². The summed E-state index contributed by atoms with van der Waals surface area (Å²) in [5, 5.41) is 0.596. The second-order valence-corrected chi connectivity index (χ2v) is 6.65. The van der Waals surface area contributed by atoms with E-state index in [0.29, 0.717) is 26.9 Å². The molecule has 1 aromatic carbocycles. The first-order valence-electron chi connectivity index (χ1n) is 7.80. The molecular weight excluding hydrogens is 357 g/mol. The molecule has 26 heavy (non-hydrogen) atoms. The van der Waals surface area contributed by atoms with E-state index in [-0.39, 0.29) is 12.2 Å². The number of aromatic nitrogens is 1. The Labute approximate surface area is 153 Å². The zero-order chi connectivity index (χ0) is 18.7. The summed E-state index contributed by atoms with van der Waals surface area (Å²) >= 11 is 1.18. The number of nitrogens with zero attached hydrogens (tertiary/aromatic N) is 1. The minimum absolute atomic E-state index is 0.0269. The summed E-state index contributed by atoms with van der Waals surface area (Å²) in [7, 11) is 0. The number of nitrogens with one attached hydrogen (secondary N) is 2. The number of carbonyl (C=O) groups excluding carboxylic acids is 2. The number of furan rings is 1. The molecule has 6 nitrogen and oxygen atoms in total. The molecule has 2 N–H and O–H groups in total. The smallest absolute Gasteiger partial charge is 0.281 e. The molecular formula is C18H16FN3O3S. The number of aryl methyl sites for hydroxylation is 2. The van der Waals surface area contributed by atoms with E-state index in [1.54, 1.807) is 13.0 Å². The molecule has 0 aliphatic heterocycles. The zero-order valence-electron chi connectivity index (χ0n) is 14.1. The van der Waals surface area contributed by atoms with Crippen LogP contribution in [0.1, 0.15) is 26.7 Å². The summed E-state index contributed by atoms with van der Waals surface area (Å²) < 4.78 is 18.4. The van der Waals surface area contributed by atoms with Crippen molar-refractivity contribution in [1.82, 2.24) is 15.8 Å². The Kier molecular flexibility index (Phi) is 5.13. The number of carbonyl (C=O) groups is 2. The highest BCUT2D eigenvalue weighted by atomic mass is 32.1. The first-order chi connectivity index (χ1) is 12.4. The van der Waals surface area contributed by atoms with E-state index in [4.69, 9.17) is 4.42 Å². The molecule has 0 atom stereocenters. The Morgan fingerprint density at radius 1 is 1.12 bits per heavy atom. The molecule has 0 spiro atoms. The van der Waals surface area contributed by atoms with E-state index in [1.807, 2.05) is 13.0 Å². The highest BCUT2D eigenvalue weighted by molar-refractivity contribution is 7.17. The summed E-state index contributed by atoms with van der Waals surface area (Å²) in [6, 6.07) is 9.20. The van der Waals surface area contributed by atoms with Gasteiger partial charge in [0.15, 0.2) is 10.8 Å². The number of hydrazine groups is 1. The summed E-state index contributed by atoms with van der Waals surface area (Å²) in [4.78, 5) is 28.9. The predicted octanol–water partition coefficient (Wildman–Crippen LogP) is 3.16. The maximum absolute atomic E-state index is 12.9. The Hall–Kier alpha value is -3.00. The van der Waals surface area contributed by atoms with Gasteiger partial charge in [-0.1, -0.05) is 12.1 Å². The number of halogens is 1. The van der Waals surface area contributed by atoms with Crippen LogP contribution in [0.15, 0.2) is 40.8 Å². The first-order valence-corrected chi connectivity index (χ1v) is 8.62. The van der Waals surface area contributed by atoms with Crippen molar-refractivity contribution in [3.05, 3.63) is 64.1 Å². The van der Waals surface area contributed by atoms with Crippen LogP contribution in [0.5, 0.6) is 0 Å². The van der Waals surface area contributed by atoms with Gasteiger partial charge in [-0.2, -0.15) is 0 Å². The normalized spacial score (nSPS) is 10.6. The first kappa shape index (κ1) is 17.8. The molecule has 0 bridgehead atoms. The number of hydrogen-bond donors (Lipinski definition) is 2. The van der Waals surface area contributed by atoms with Crippen LogP contribution >= 0.6 is 11.3 Å². The van der Waals surface area contributed by atoms with Gasteiger partial charge in [0.05, 0.1) is 12.1 Å². The highest BCUT2D eigenvalue weighted by Crippen LogP contribution is 2.29. The van der Waals surface area contributed by atoms with Crippen molar-refractivity contribution in [2.75, 3.05) is 0 Å². The Morgan fingerprint density at radius 3 is 2.50 bits per heavy atom. The quantitative estimate of drug-likeness (QED) is 0.688. The van der Waals surface area contributed by atoms with Crippen molar-refractivity contribution in [2.45, 2.75) is 20.3 Å². The third kappa shape index (κ3) is 4.15. The molecule has 0 aliphatic carbocycles. The Balaban J connectivity index is 1.60. The van der Waals surface area contributed by atoms with Crippen LogP contribution in [-0.4, -0.2) is 16.8 Å². The molecule has 0 aliphatic rings. The van der Waals surface area contributed by atoms with E-state index in [0.717, 1.165) is 5.76 Å². The van der Waals surface area contributed by atoms with Crippen LogP contribution in [0.4, 0.5) is 4.39 Å². The average Bonchev–Trinajstić information content (AvgIpc) is 3.20. The molecule has 2 heterocycles. The van der Waals surface area contributed by atoms with Crippen LogP contribution in [0, 0.1) is 19.7 Å². The van der Waals surface area contributed by atoms with E-state index in [9.17, 15) is 14.0 Å². The van der Waals surface area contributed by atoms with Crippen molar-refractivity contribution < 1.29 is 18.4 Å². The Morgan fingerprint density at radius 2 is 1.85 bits per heavy atom. The van der Waals surface area contributed by atoms with Crippen molar-refractivity contribution >= 4 is 23.2 Å². The zero-order valence-corrected chi connectivity index (χ0v) is 14.9. The van der Waals surface area contributed by atoms with E-state index >= 15 is 0 Å². The number of thiazole rings is 1. The second kappa shape index (κ2) is 7.49. The van der Waals surface area contributed by atoms with Gasteiger partial charge in [-0.3, -0.25) is 20.4 Å². The largest absolute Gasteiger partial charge is 0.459 e. The number of hydrogen-bond acceptors (Lipinski definition) is 5. The fourth-order valence-corrected chi connectivity index (χ4v) is 3.20. The van der Waals surface area contributed by atoms with Crippen molar-refractivity contribution in [1.29, 1.82) is 0 Å². The highest BCUT2D eigenvalue weighted by Gasteiger charge is 2.18. The van der Waals surface area contributed by atoms with E-state index in [2.05, 4.69) is 15.8 Å². The molecule has 0 saturated heterocycles. The molecule has 134 valence electrons. The fraction of sp³-hybridized carbons (Fsp3) is 0.167. The third-order valence-electron chi connectivity index (χ3n) is 3.55. The summed E-state index contributed by atoms with van der Waals surface area (Å²) in [6.07, 6.45) is 0.0269. The molecule has 3 rings (SSSR count). The molecule has 8 heteroatoms. The lowest BCUT2D eigenvalue weighted by Crippen LogP contribution is -2.42. The molecule has 0 fully saturated rings. The molecule has 0 unspecified atom stereocenters. The maximum Gasteiger partial charge on any atom is 0.281 e. The second-order valence-electron chi connectivity index (χ2n) is 5.65. The van der Waals surface area contributed by atoms with Crippen LogP contribution in [0.25, 0.3) is 10.8 Å². The summed E-state index contributed by atoms with van der Waals surface area (Å²) in [5.74, 6) is 0.114. The van der Waals surface area contributed by atoms with Gasteiger partial charge in [-0.25, -0.2) is 9.37 Å². The van der Waals surface area contributed by atoms with Crippen LogP contribution in [0.3, 0.4) is 0 Å². The van der Waals surface area contributed by atoms with Crippen LogP contribution < -0.4 is 10.9 Å². The Bertz CT molecular complexity index is 947. The average molecular weight is 373 g/mol. The standard InChI is InChI=1S/C18H16FN3O3S/c1-10-3-8-14(25-10)18-20-11(2)16(26-18)17(24)22-21-15(23)9-12-4-6-13(19)7-5-12/h3-8H,9H2,1-2H3,(H,21,23)(H,22,24). The number of amides is 2. The predicted molar refractivity (Wildman–Crippen MR) is 95.0 cm³/mol. The number of benzene rings is 1.